The van der Waals surface area contributed by atoms with Crippen molar-refractivity contribution in [2.45, 2.75) is 25.0 Å². The monoisotopic (exact) mass is 309 g/mol. The second kappa shape index (κ2) is 5.70. The molecule has 0 spiro atoms. The Hall–Kier alpha value is -2.33. The van der Waals surface area contributed by atoms with Crippen molar-refractivity contribution in [3.05, 3.63) is 65.2 Å². The van der Waals surface area contributed by atoms with E-state index in [9.17, 15) is 4.79 Å². The molecule has 4 nitrogen and oxygen atoms in total. The smallest absolute Gasteiger partial charge is 0.335 e. The first kappa shape index (κ1) is 14.3. The van der Waals surface area contributed by atoms with Crippen LogP contribution in [0.15, 0.2) is 48.5 Å². The summed E-state index contributed by atoms with van der Waals surface area (Å²) >= 11 is 0. The molecule has 2 aromatic rings. The molecular formula is C19H19NO3. The Balaban J connectivity index is 1.72. The minimum atomic E-state index is -0.891. The number of benzene rings is 2. The number of nitrogens with one attached hydrogen (secondary N) is 1. The molecule has 0 amide bonds. The summed E-state index contributed by atoms with van der Waals surface area (Å²) in [7, 11) is 0. The Morgan fingerprint density at radius 3 is 2.70 bits per heavy atom. The van der Waals surface area contributed by atoms with E-state index in [1.807, 2.05) is 18.2 Å². The lowest BCUT2D eigenvalue weighted by molar-refractivity contribution is -0.0381. The van der Waals surface area contributed by atoms with Gasteiger partial charge in [-0.25, -0.2) is 4.79 Å². The maximum absolute atomic E-state index is 11.0. The molecule has 3 unspecified atom stereocenters. The number of hydrogen-bond acceptors (Lipinski definition) is 3. The first-order valence-electron chi connectivity index (χ1n) is 8.04. The zero-order chi connectivity index (χ0) is 15.8. The maximum Gasteiger partial charge on any atom is 0.335 e. The minimum Gasteiger partial charge on any atom is -0.478 e. The van der Waals surface area contributed by atoms with E-state index in [-0.39, 0.29) is 12.1 Å². The molecule has 0 aliphatic carbocycles. The molecule has 1 fully saturated rings. The topological polar surface area (TPSA) is 58.6 Å². The van der Waals surface area contributed by atoms with Crippen molar-refractivity contribution < 1.29 is 14.6 Å². The second-order valence-corrected chi connectivity index (χ2v) is 6.23. The normalized spacial score (nSPS) is 25.8. The minimum absolute atomic E-state index is 0.116. The SMILES string of the molecule is O=C(O)c1ccc(C2Nc3ccccc3C3OCCCC23)cc1. The van der Waals surface area contributed by atoms with E-state index in [0.29, 0.717) is 11.5 Å². The Bertz CT molecular complexity index is 726. The van der Waals surface area contributed by atoms with Crippen molar-refractivity contribution in [2.24, 2.45) is 5.92 Å². The molecule has 2 heterocycles. The van der Waals surface area contributed by atoms with Crippen LogP contribution in [-0.2, 0) is 4.74 Å². The molecule has 0 aromatic heterocycles. The number of rotatable bonds is 2. The maximum atomic E-state index is 11.0. The zero-order valence-electron chi connectivity index (χ0n) is 12.7. The fraction of sp³-hybridized carbons (Fsp3) is 0.316. The summed E-state index contributed by atoms with van der Waals surface area (Å²) in [5.41, 5.74) is 3.78. The number of fused-ring (bicyclic) bond motifs is 3. The largest absolute Gasteiger partial charge is 0.478 e. The van der Waals surface area contributed by atoms with E-state index in [2.05, 4.69) is 23.5 Å². The molecule has 2 N–H and O–H groups in total. The van der Waals surface area contributed by atoms with Gasteiger partial charge in [0, 0.05) is 23.8 Å². The van der Waals surface area contributed by atoms with Crippen molar-refractivity contribution in [3.8, 4) is 0 Å². The summed E-state index contributed by atoms with van der Waals surface area (Å²) in [4.78, 5) is 11.0. The number of hydrogen-bond donors (Lipinski definition) is 2. The summed E-state index contributed by atoms with van der Waals surface area (Å²) in [6.07, 6.45) is 2.29. The molecule has 23 heavy (non-hydrogen) atoms. The van der Waals surface area contributed by atoms with Gasteiger partial charge in [0.05, 0.1) is 17.7 Å². The quantitative estimate of drug-likeness (QED) is 0.879. The van der Waals surface area contributed by atoms with Gasteiger partial charge in [0.2, 0.25) is 0 Å². The highest BCUT2D eigenvalue weighted by atomic mass is 16.5. The van der Waals surface area contributed by atoms with Crippen LogP contribution in [-0.4, -0.2) is 17.7 Å². The van der Waals surface area contributed by atoms with Gasteiger partial charge >= 0.3 is 5.97 Å². The summed E-state index contributed by atoms with van der Waals surface area (Å²) in [6.45, 7) is 0.806. The van der Waals surface area contributed by atoms with Crippen molar-refractivity contribution >= 4 is 11.7 Å². The number of carbonyl (C=O) groups is 1. The molecule has 2 aliphatic heterocycles. The van der Waals surface area contributed by atoms with Gasteiger partial charge in [-0.2, -0.15) is 0 Å². The Labute approximate surface area is 135 Å². The predicted molar refractivity (Wildman–Crippen MR) is 87.6 cm³/mol. The van der Waals surface area contributed by atoms with E-state index in [0.717, 1.165) is 30.7 Å². The Morgan fingerprint density at radius 1 is 1.13 bits per heavy atom. The van der Waals surface area contributed by atoms with Crippen molar-refractivity contribution in [1.29, 1.82) is 0 Å². The van der Waals surface area contributed by atoms with Crippen molar-refractivity contribution in [2.75, 3.05) is 11.9 Å². The van der Waals surface area contributed by atoms with E-state index in [1.165, 1.54) is 5.56 Å². The molecule has 3 atom stereocenters. The van der Waals surface area contributed by atoms with Crippen LogP contribution in [0.4, 0.5) is 5.69 Å². The predicted octanol–water partition coefficient (Wildman–Crippen LogP) is 4.02. The van der Waals surface area contributed by atoms with E-state index >= 15 is 0 Å². The Morgan fingerprint density at radius 2 is 1.91 bits per heavy atom. The molecule has 2 aromatic carbocycles. The lowest BCUT2D eigenvalue weighted by atomic mass is 9.77. The third-order valence-corrected chi connectivity index (χ3v) is 4.89. The van der Waals surface area contributed by atoms with Crippen LogP contribution in [0.25, 0.3) is 0 Å². The van der Waals surface area contributed by atoms with Gasteiger partial charge in [-0.05, 0) is 36.6 Å². The number of carboxylic acids is 1. The molecule has 4 rings (SSSR count). The van der Waals surface area contributed by atoms with Crippen LogP contribution in [0.5, 0.6) is 0 Å². The standard InChI is InChI=1S/C19H19NO3/c21-19(22)13-9-7-12(8-10-13)17-15-5-3-11-23-18(15)14-4-1-2-6-16(14)20-17/h1-2,4,6-10,15,17-18,20H,3,5,11H2,(H,21,22). The summed E-state index contributed by atoms with van der Waals surface area (Å²) < 4.78 is 6.09. The number of para-hydroxylation sites is 1. The van der Waals surface area contributed by atoms with Crippen LogP contribution in [0.2, 0.25) is 0 Å². The summed E-state index contributed by atoms with van der Waals surface area (Å²) in [5.74, 6) is -0.522. The van der Waals surface area contributed by atoms with Crippen LogP contribution in [0.1, 0.15) is 46.5 Å². The van der Waals surface area contributed by atoms with Crippen LogP contribution >= 0.6 is 0 Å². The van der Waals surface area contributed by atoms with Gasteiger partial charge in [0.15, 0.2) is 0 Å². The van der Waals surface area contributed by atoms with Crippen molar-refractivity contribution in [1.82, 2.24) is 0 Å². The van der Waals surface area contributed by atoms with E-state index in [1.54, 1.807) is 12.1 Å². The highest BCUT2D eigenvalue weighted by molar-refractivity contribution is 5.87. The molecule has 2 aliphatic rings. The second-order valence-electron chi connectivity index (χ2n) is 6.23. The van der Waals surface area contributed by atoms with Crippen LogP contribution in [0.3, 0.4) is 0 Å². The fourth-order valence-corrected chi connectivity index (χ4v) is 3.78. The molecule has 0 radical (unpaired) electrons. The van der Waals surface area contributed by atoms with E-state index < -0.39 is 5.97 Å². The summed E-state index contributed by atoms with van der Waals surface area (Å²) in [5, 5.41) is 12.7. The van der Waals surface area contributed by atoms with Gasteiger partial charge in [0.25, 0.3) is 0 Å². The molecule has 0 bridgehead atoms. The molecule has 0 saturated carbocycles. The average Bonchev–Trinajstić information content (AvgIpc) is 2.61. The molecule has 4 heteroatoms. The number of ether oxygens (including phenoxy) is 1. The van der Waals surface area contributed by atoms with Gasteiger partial charge in [-0.1, -0.05) is 30.3 Å². The third-order valence-electron chi connectivity index (χ3n) is 4.89. The van der Waals surface area contributed by atoms with E-state index in [4.69, 9.17) is 9.84 Å². The van der Waals surface area contributed by atoms with Gasteiger partial charge < -0.3 is 15.2 Å². The highest BCUT2D eigenvalue weighted by Crippen LogP contribution is 2.48. The van der Waals surface area contributed by atoms with Gasteiger partial charge in [-0.3, -0.25) is 0 Å². The zero-order valence-corrected chi connectivity index (χ0v) is 12.7. The molecule has 118 valence electrons. The Kier molecular flexibility index (Phi) is 3.54. The van der Waals surface area contributed by atoms with Gasteiger partial charge in [-0.15, -0.1) is 0 Å². The number of carboxylic acid groups (broad SMARTS) is 1. The average molecular weight is 309 g/mol. The van der Waals surface area contributed by atoms with Crippen molar-refractivity contribution in [3.63, 3.8) is 0 Å². The lowest BCUT2D eigenvalue weighted by Gasteiger charge is -2.43. The van der Waals surface area contributed by atoms with Gasteiger partial charge in [0.1, 0.15) is 0 Å². The highest BCUT2D eigenvalue weighted by Gasteiger charge is 2.39. The third kappa shape index (κ3) is 2.49. The number of aromatic carboxylic acids is 1. The summed E-state index contributed by atoms with van der Waals surface area (Å²) in [6, 6.07) is 15.6. The van der Waals surface area contributed by atoms with Crippen LogP contribution in [0, 0.1) is 5.92 Å². The first-order chi connectivity index (χ1) is 11.2. The fourth-order valence-electron chi connectivity index (χ4n) is 3.78. The molecule has 1 saturated heterocycles. The van der Waals surface area contributed by atoms with Crippen LogP contribution < -0.4 is 5.32 Å². The molecular weight excluding hydrogens is 290 g/mol. The lowest BCUT2D eigenvalue weighted by Crippen LogP contribution is -2.35. The first-order valence-corrected chi connectivity index (χ1v) is 8.04. The number of anilines is 1.